The molecule has 1 aromatic rings. The molecule has 1 aliphatic rings. The molecule has 138 valence electrons. The molecule has 1 fully saturated rings. The number of hydrogen-bond donors (Lipinski definition) is 3. The summed E-state index contributed by atoms with van der Waals surface area (Å²) in [4.78, 5) is 28.4. The van der Waals surface area contributed by atoms with Gasteiger partial charge in [0.15, 0.2) is 6.04 Å². The Labute approximate surface area is 137 Å². The van der Waals surface area contributed by atoms with Crippen LogP contribution in [0.4, 0.5) is 13.2 Å². The Morgan fingerprint density at radius 2 is 2.24 bits per heavy atom. The van der Waals surface area contributed by atoms with Crippen molar-refractivity contribution in [1.82, 2.24) is 14.5 Å². The third kappa shape index (κ3) is 4.82. The zero-order valence-electron chi connectivity index (χ0n) is 12.7. The van der Waals surface area contributed by atoms with Gasteiger partial charge in [-0.3, -0.25) is 14.3 Å². The summed E-state index contributed by atoms with van der Waals surface area (Å²) in [5.41, 5.74) is 4.82. The average molecular weight is 366 g/mol. The van der Waals surface area contributed by atoms with Crippen LogP contribution in [0.25, 0.3) is 0 Å². The second-order valence-corrected chi connectivity index (χ2v) is 5.26. The second kappa shape index (κ2) is 7.70. The minimum absolute atomic E-state index is 0.0857. The van der Waals surface area contributed by atoms with E-state index in [9.17, 15) is 27.9 Å². The first-order valence-corrected chi connectivity index (χ1v) is 7.07. The van der Waals surface area contributed by atoms with Gasteiger partial charge in [0.05, 0.1) is 18.8 Å². The van der Waals surface area contributed by atoms with Gasteiger partial charge in [0, 0.05) is 12.6 Å². The lowest BCUT2D eigenvalue weighted by molar-refractivity contribution is -0.176. The smallest absolute Gasteiger partial charge is 0.394 e. The van der Waals surface area contributed by atoms with Crippen molar-refractivity contribution in [3.8, 4) is 0 Å². The van der Waals surface area contributed by atoms with Crippen molar-refractivity contribution >= 4 is 0 Å². The number of ether oxygens (including phenoxy) is 2. The quantitative estimate of drug-likeness (QED) is 0.472. The molecule has 25 heavy (non-hydrogen) atoms. The first-order chi connectivity index (χ1) is 11.7. The highest BCUT2D eigenvalue weighted by Crippen LogP contribution is 2.29. The molecule has 0 radical (unpaired) electrons. The third-order valence-electron chi connectivity index (χ3n) is 3.47. The van der Waals surface area contributed by atoms with E-state index in [-0.39, 0.29) is 12.0 Å². The van der Waals surface area contributed by atoms with E-state index in [2.05, 4.69) is 14.8 Å². The summed E-state index contributed by atoms with van der Waals surface area (Å²) in [5, 5.41) is 12.8. The molecular weight excluding hydrogens is 351 g/mol. The molecule has 2 heterocycles. The molecule has 0 spiro atoms. The van der Waals surface area contributed by atoms with Crippen LogP contribution in [-0.4, -0.2) is 46.2 Å². The number of aromatic nitrogens is 2. The lowest BCUT2D eigenvalue weighted by atomic mass is 10.1. The predicted molar refractivity (Wildman–Crippen MR) is 73.7 cm³/mol. The zero-order valence-corrected chi connectivity index (χ0v) is 12.7. The summed E-state index contributed by atoms with van der Waals surface area (Å²) >= 11 is 0. The van der Waals surface area contributed by atoms with Gasteiger partial charge in [-0.15, -0.1) is 0 Å². The van der Waals surface area contributed by atoms with E-state index >= 15 is 0 Å². The highest BCUT2D eigenvalue weighted by molar-refractivity contribution is 5.04. The third-order valence-corrected chi connectivity index (χ3v) is 3.47. The van der Waals surface area contributed by atoms with Crippen molar-refractivity contribution in [2.24, 2.45) is 5.11 Å². The topological polar surface area (TPSA) is 144 Å². The summed E-state index contributed by atoms with van der Waals surface area (Å²) in [6.45, 7) is -2.62. The second-order valence-electron chi connectivity index (χ2n) is 5.26. The van der Waals surface area contributed by atoms with Crippen molar-refractivity contribution in [3.05, 3.63) is 32.6 Å². The molecule has 13 heteroatoms. The number of halogens is 3. The minimum Gasteiger partial charge on any atom is -0.394 e. The van der Waals surface area contributed by atoms with Gasteiger partial charge in [0.2, 0.25) is 4.91 Å². The van der Waals surface area contributed by atoms with Crippen LogP contribution in [0.3, 0.4) is 0 Å². The summed E-state index contributed by atoms with van der Waals surface area (Å²) in [5.74, 6) is 0. The largest absolute Gasteiger partial charge is 0.411 e. The lowest BCUT2D eigenvalue weighted by Gasteiger charge is -2.15. The summed E-state index contributed by atoms with van der Waals surface area (Å²) in [6.07, 6.45) is -5.15. The Morgan fingerprint density at radius 3 is 2.84 bits per heavy atom. The molecule has 0 amide bonds. The van der Waals surface area contributed by atoms with Gasteiger partial charge >= 0.3 is 11.9 Å². The van der Waals surface area contributed by atoms with Crippen molar-refractivity contribution < 1.29 is 27.8 Å². The molecule has 0 bridgehead atoms. The standard InChI is InChI=1S/C12H14F3N5O5/c13-12(14,15)5-24-4-6-2-20(11(23)17-10(6)22)9-1-7(18-19-16)8(3-21)25-9/h2,7-9,16,21H,1,3-5H2/p+1. The molecule has 1 saturated heterocycles. The van der Waals surface area contributed by atoms with Crippen LogP contribution in [0.1, 0.15) is 18.2 Å². The van der Waals surface area contributed by atoms with Crippen molar-refractivity contribution in [3.63, 3.8) is 0 Å². The molecular formula is C12H15F3N5O5+. The normalized spacial score (nSPS) is 23.4. The molecule has 3 unspecified atom stereocenters. The monoisotopic (exact) mass is 366 g/mol. The van der Waals surface area contributed by atoms with E-state index < -0.39 is 55.6 Å². The Morgan fingerprint density at radius 1 is 1.52 bits per heavy atom. The number of alkyl halides is 3. The highest BCUT2D eigenvalue weighted by atomic mass is 19.4. The number of nitrogens with zero attached hydrogens (tertiary/aromatic N) is 3. The first kappa shape index (κ1) is 19.0. The number of aromatic amines is 1. The van der Waals surface area contributed by atoms with Gasteiger partial charge in [0.1, 0.15) is 29.6 Å². The number of aliphatic hydroxyl groups is 1. The molecule has 1 aliphatic heterocycles. The minimum atomic E-state index is -4.54. The summed E-state index contributed by atoms with van der Waals surface area (Å²) in [7, 11) is 0. The fraction of sp³-hybridized carbons (Fsp3) is 0.667. The van der Waals surface area contributed by atoms with Gasteiger partial charge in [-0.1, -0.05) is 0 Å². The number of rotatable bonds is 6. The Kier molecular flexibility index (Phi) is 5.85. The van der Waals surface area contributed by atoms with Crippen LogP contribution in [0.2, 0.25) is 0 Å². The van der Waals surface area contributed by atoms with Gasteiger partial charge in [0.25, 0.3) is 5.56 Å². The zero-order chi connectivity index (χ0) is 18.6. The molecule has 0 saturated carbocycles. The van der Waals surface area contributed by atoms with Gasteiger partial charge in [-0.2, -0.15) is 13.2 Å². The van der Waals surface area contributed by atoms with Gasteiger partial charge in [-0.05, 0) is 0 Å². The average Bonchev–Trinajstić information content (AvgIpc) is 2.91. The Balaban J connectivity index is 2.21. The molecule has 0 aromatic carbocycles. The molecule has 3 atom stereocenters. The SMILES string of the molecule is N=[N+]=NC1CC(n2cc(COCC(F)(F)F)c(=O)[nH]c2=O)OC1CO. The van der Waals surface area contributed by atoms with E-state index in [0.29, 0.717) is 0 Å². The van der Waals surface area contributed by atoms with Crippen LogP contribution >= 0.6 is 0 Å². The van der Waals surface area contributed by atoms with E-state index in [1.54, 1.807) is 0 Å². The van der Waals surface area contributed by atoms with E-state index in [0.717, 1.165) is 10.8 Å². The van der Waals surface area contributed by atoms with Crippen molar-refractivity contribution in [2.75, 3.05) is 13.2 Å². The first-order valence-electron chi connectivity index (χ1n) is 7.07. The molecule has 0 aliphatic carbocycles. The maximum atomic E-state index is 12.1. The molecule has 2 rings (SSSR count). The fourth-order valence-corrected chi connectivity index (χ4v) is 2.37. The van der Waals surface area contributed by atoms with Crippen LogP contribution in [-0.2, 0) is 16.1 Å². The van der Waals surface area contributed by atoms with Crippen LogP contribution in [0, 0.1) is 5.53 Å². The van der Waals surface area contributed by atoms with Gasteiger partial charge in [-0.25, -0.2) is 4.79 Å². The van der Waals surface area contributed by atoms with E-state index in [4.69, 9.17) is 10.3 Å². The number of hydrogen-bond acceptors (Lipinski definition) is 7. The Hall–Kier alpha value is -2.34. The van der Waals surface area contributed by atoms with E-state index in [1.807, 2.05) is 4.98 Å². The molecule has 10 nitrogen and oxygen atoms in total. The van der Waals surface area contributed by atoms with E-state index in [1.165, 1.54) is 0 Å². The predicted octanol–water partition coefficient (Wildman–Crippen LogP) is -0.186. The lowest BCUT2D eigenvalue weighted by Crippen LogP contribution is -2.34. The van der Waals surface area contributed by atoms with Crippen LogP contribution in [0.15, 0.2) is 20.9 Å². The highest BCUT2D eigenvalue weighted by Gasteiger charge is 2.39. The molecule has 1 aromatic heterocycles. The molecule has 3 N–H and O–H groups in total. The van der Waals surface area contributed by atoms with Crippen molar-refractivity contribution in [1.29, 1.82) is 5.53 Å². The number of H-pyrrole nitrogens is 1. The maximum absolute atomic E-state index is 12.1. The van der Waals surface area contributed by atoms with Crippen LogP contribution < -0.4 is 16.2 Å². The summed E-state index contributed by atoms with van der Waals surface area (Å²) in [6, 6.07) is -0.670. The Bertz CT molecular complexity index is 770. The summed E-state index contributed by atoms with van der Waals surface area (Å²) < 4.78 is 47.1. The van der Waals surface area contributed by atoms with Crippen LogP contribution in [0.5, 0.6) is 0 Å². The van der Waals surface area contributed by atoms with Crippen molar-refractivity contribution in [2.45, 2.75) is 37.6 Å². The number of aliphatic hydroxyl groups excluding tert-OH is 1. The maximum Gasteiger partial charge on any atom is 0.411 e. The fourth-order valence-electron chi connectivity index (χ4n) is 2.37. The number of nitrogens with one attached hydrogen (secondary N) is 2. The van der Waals surface area contributed by atoms with Gasteiger partial charge < -0.3 is 14.6 Å².